The molecule has 0 aliphatic heterocycles. The van der Waals surface area contributed by atoms with Crippen LogP contribution in [0.2, 0.25) is 0 Å². The highest BCUT2D eigenvalue weighted by Gasteiger charge is 2.08. The highest BCUT2D eigenvalue weighted by Crippen LogP contribution is 2.21. The Bertz CT molecular complexity index is 437. The van der Waals surface area contributed by atoms with Gasteiger partial charge in [-0.2, -0.15) is 0 Å². The van der Waals surface area contributed by atoms with Gasteiger partial charge in [0.2, 0.25) is 17.7 Å². The molecule has 5 nitrogen and oxygen atoms in total. The van der Waals surface area contributed by atoms with E-state index in [0.29, 0.717) is 13.1 Å². The molecule has 0 saturated heterocycles. The Hall–Kier alpha value is -1.24. The molecule has 0 bridgehead atoms. The SMILES string of the molecule is CCc1cc(CNS(=O)O)ccc1N(C=O)CC. The monoisotopic (exact) mass is 270 g/mol. The van der Waals surface area contributed by atoms with Crippen LogP contribution in [0.4, 0.5) is 5.69 Å². The molecular weight excluding hydrogens is 252 g/mol. The van der Waals surface area contributed by atoms with Crippen LogP contribution in [0.1, 0.15) is 25.0 Å². The number of anilines is 1. The van der Waals surface area contributed by atoms with Gasteiger partial charge in [-0.15, -0.1) is 0 Å². The van der Waals surface area contributed by atoms with Crippen LogP contribution in [-0.4, -0.2) is 21.7 Å². The first-order valence-electron chi connectivity index (χ1n) is 5.80. The maximum Gasteiger partial charge on any atom is 0.232 e. The minimum absolute atomic E-state index is 0.323. The molecule has 2 N–H and O–H groups in total. The number of nitrogens with zero attached hydrogens (tertiary/aromatic N) is 1. The normalized spacial score (nSPS) is 12.2. The van der Waals surface area contributed by atoms with Crippen molar-refractivity contribution in [3.63, 3.8) is 0 Å². The zero-order valence-electron chi connectivity index (χ0n) is 10.5. The van der Waals surface area contributed by atoms with E-state index in [4.69, 9.17) is 4.55 Å². The minimum atomic E-state index is -2.01. The highest BCUT2D eigenvalue weighted by atomic mass is 32.2. The van der Waals surface area contributed by atoms with Crippen LogP contribution in [0, 0.1) is 0 Å². The van der Waals surface area contributed by atoms with E-state index in [1.807, 2.05) is 32.0 Å². The van der Waals surface area contributed by atoms with Crippen LogP contribution < -0.4 is 9.62 Å². The molecule has 0 radical (unpaired) electrons. The number of hydrogen-bond donors (Lipinski definition) is 2. The molecular formula is C12H18N2O3S. The van der Waals surface area contributed by atoms with Crippen molar-refractivity contribution in [2.75, 3.05) is 11.4 Å². The lowest BCUT2D eigenvalue weighted by Gasteiger charge is -2.19. The van der Waals surface area contributed by atoms with E-state index in [9.17, 15) is 9.00 Å². The molecule has 100 valence electrons. The van der Waals surface area contributed by atoms with Crippen LogP contribution in [-0.2, 0) is 29.0 Å². The van der Waals surface area contributed by atoms with Gasteiger partial charge in [0, 0.05) is 18.8 Å². The van der Waals surface area contributed by atoms with Gasteiger partial charge in [0.15, 0.2) is 0 Å². The smallest absolute Gasteiger partial charge is 0.232 e. The van der Waals surface area contributed by atoms with Crippen molar-refractivity contribution in [2.45, 2.75) is 26.8 Å². The first-order chi connectivity index (χ1) is 8.62. The summed E-state index contributed by atoms with van der Waals surface area (Å²) in [6.45, 7) is 4.87. The lowest BCUT2D eigenvalue weighted by Crippen LogP contribution is -2.22. The molecule has 1 amide bonds. The van der Waals surface area contributed by atoms with Gasteiger partial charge in [-0.3, -0.25) is 9.35 Å². The maximum absolute atomic E-state index is 10.9. The molecule has 0 saturated carbocycles. The fourth-order valence-corrected chi connectivity index (χ4v) is 2.05. The van der Waals surface area contributed by atoms with Gasteiger partial charge in [0.05, 0.1) is 0 Å². The van der Waals surface area contributed by atoms with Gasteiger partial charge in [0.1, 0.15) is 0 Å². The van der Waals surface area contributed by atoms with E-state index in [-0.39, 0.29) is 0 Å². The molecule has 1 atom stereocenters. The predicted octanol–water partition coefficient (Wildman–Crippen LogP) is 1.46. The molecule has 0 aromatic heterocycles. The van der Waals surface area contributed by atoms with Crippen molar-refractivity contribution in [1.82, 2.24) is 4.72 Å². The summed E-state index contributed by atoms with van der Waals surface area (Å²) in [6.07, 6.45) is 1.62. The van der Waals surface area contributed by atoms with E-state index in [1.54, 1.807) is 4.90 Å². The van der Waals surface area contributed by atoms with E-state index in [2.05, 4.69) is 4.72 Å². The summed E-state index contributed by atoms with van der Waals surface area (Å²) < 4.78 is 21.6. The van der Waals surface area contributed by atoms with Crippen molar-refractivity contribution in [2.24, 2.45) is 0 Å². The van der Waals surface area contributed by atoms with Gasteiger partial charge >= 0.3 is 0 Å². The molecule has 1 unspecified atom stereocenters. The molecule has 18 heavy (non-hydrogen) atoms. The molecule has 0 fully saturated rings. The van der Waals surface area contributed by atoms with Crippen molar-refractivity contribution in [1.29, 1.82) is 0 Å². The van der Waals surface area contributed by atoms with Crippen LogP contribution in [0.5, 0.6) is 0 Å². The Morgan fingerprint density at radius 1 is 1.44 bits per heavy atom. The number of hydrogen-bond acceptors (Lipinski definition) is 2. The summed E-state index contributed by atoms with van der Waals surface area (Å²) in [5, 5.41) is 0. The van der Waals surface area contributed by atoms with Gasteiger partial charge in [0.25, 0.3) is 0 Å². The first kappa shape index (κ1) is 14.8. The van der Waals surface area contributed by atoms with Crippen molar-refractivity contribution < 1.29 is 13.6 Å². The average molecular weight is 270 g/mol. The third-order valence-corrected chi connectivity index (χ3v) is 3.09. The summed E-state index contributed by atoms with van der Waals surface area (Å²) >= 11 is -2.01. The van der Waals surface area contributed by atoms with Crippen LogP contribution in [0.3, 0.4) is 0 Å². The molecule has 1 aromatic rings. The minimum Gasteiger partial charge on any atom is -0.315 e. The first-order valence-corrected chi connectivity index (χ1v) is 6.91. The van der Waals surface area contributed by atoms with Gasteiger partial charge < -0.3 is 4.90 Å². The number of rotatable bonds is 7. The summed E-state index contributed by atoms with van der Waals surface area (Å²) in [7, 11) is 0. The quantitative estimate of drug-likeness (QED) is 0.582. The zero-order valence-corrected chi connectivity index (χ0v) is 11.4. The lowest BCUT2D eigenvalue weighted by molar-refractivity contribution is -0.107. The highest BCUT2D eigenvalue weighted by molar-refractivity contribution is 7.77. The Morgan fingerprint density at radius 3 is 2.67 bits per heavy atom. The second-order valence-corrected chi connectivity index (χ2v) is 4.57. The molecule has 0 heterocycles. The molecule has 0 aliphatic carbocycles. The second-order valence-electron chi connectivity index (χ2n) is 3.78. The Morgan fingerprint density at radius 2 is 2.17 bits per heavy atom. The number of benzene rings is 1. The summed E-state index contributed by atoms with van der Waals surface area (Å²) in [4.78, 5) is 12.6. The largest absolute Gasteiger partial charge is 0.315 e. The third-order valence-electron chi connectivity index (χ3n) is 2.70. The fraction of sp³-hybridized carbons (Fsp3) is 0.417. The van der Waals surface area contributed by atoms with Crippen LogP contribution in [0.15, 0.2) is 18.2 Å². The van der Waals surface area contributed by atoms with Crippen molar-refractivity contribution >= 4 is 23.4 Å². The van der Waals surface area contributed by atoms with E-state index >= 15 is 0 Å². The standard InChI is InChI=1S/C12H18N2O3S/c1-3-11-7-10(8-13-18(16)17)5-6-12(11)14(4-2)9-15/h5-7,9,13H,3-4,8H2,1-2H3,(H,16,17). The lowest BCUT2D eigenvalue weighted by atomic mass is 10.1. The number of amides is 1. The maximum atomic E-state index is 10.9. The molecule has 1 rings (SSSR count). The van der Waals surface area contributed by atoms with E-state index < -0.39 is 11.3 Å². The van der Waals surface area contributed by atoms with Gasteiger partial charge in [-0.1, -0.05) is 19.1 Å². The number of carbonyl (C=O) groups is 1. The van der Waals surface area contributed by atoms with Crippen LogP contribution in [0.25, 0.3) is 0 Å². The molecule has 0 spiro atoms. The average Bonchev–Trinajstić information content (AvgIpc) is 2.38. The molecule has 1 aromatic carbocycles. The van der Waals surface area contributed by atoms with Crippen molar-refractivity contribution in [3.8, 4) is 0 Å². The predicted molar refractivity (Wildman–Crippen MR) is 72.5 cm³/mol. The van der Waals surface area contributed by atoms with Gasteiger partial charge in [-0.05, 0) is 30.5 Å². The van der Waals surface area contributed by atoms with Crippen molar-refractivity contribution in [3.05, 3.63) is 29.3 Å². The van der Waals surface area contributed by atoms with E-state index in [0.717, 1.165) is 29.6 Å². The van der Waals surface area contributed by atoms with Crippen LogP contribution >= 0.6 is 0 Å². The summed E-state index contributed by atoms with van der Waals surface area (Å²) in [6, 6.07) is 5.66. The fourth-order valence-electron chi connectivity index (χ4n) is 1.76. The topological polar surface area (TPSA) is 69.6 Å². The van der Waals surface area contributed by atoms with E-state index in [1.165, 1.54) is 0 Å². The summed E-state index contributed by atoms with van der Waals surface area (Å²) in [5.41, 5.74) is 2.86. The number of aryl methyl sites for hydroxylation is 1. The second kappa shape index (κ2) is 7.25. The molecule has 0 aliphatic rings. The summed E-state index contributed by atoms with van der Waals surface area (Å²) in [5.74, 6) is 0. The third kappa shape index (κ3) is 3.90. The molecule has 6 heteroatoms. The zero-order chi connectivity index (χ0) is 13.5. The number of nitrogens with one attached hydrogen (secondary N) is 1. The Labute approximate surface area is 110 Å². The Kier molecular flexibility index (Phi) is 5.97. The number of carbonyl (C=O) groups excluding carboxylic acids is 1. The van der Waals surface area contributed by atoms with Gasteiger partial charge in [-0.25, -0.2) is 8.93 Å². The Balaban J connectivity index is 2.95.